The monoisotopic (exact) mass is 355 g/mol. The van der Waals surface area contributed by atoms with Crippen molar-refractivity contribution in [2.24, 2.45) is 4.99 Å². The number of hydrogen-bond acceptors (Lipinski definition) is 1. The Morgan fingerprint density at radius 3 is 2.35 bits per heavy atom. The number of hydrogen-bond donors (Lipinski definition) is 2. The number of nitrogens with one attached hydrogen (secondary N) is 2. The van der Waals surface area contributed by atoms with Gasteiger partial charge in [-0.05, 0) is 27.2 Å². The first-order valence-corrected chi connectivity index (χ1v) is 6.79. The molecule has 0 aliphatic rings. The molecule has 0 amide bonds. The van der Waals surface area contributed by atoms with Gasteiger partial charge in [-0.2, -0.15) is 0 Å². The highest BCUT2D eigenvalue weighted by Crippen LogP contribution is 2.04. The van der Waals surface area contributed by atoms with Gasteiger partial charge in [0.15, 0.2) is 5.96 Å². The predicted molar refractivity (Wildman–Crippen MR) is 88.4 cm³/mol. The number of rotatable bonds is 8. The molecule has 0 heterocycles. The van der Waals surface area contributed by atoms with Crippen LogP contribution in [0.2, 0.25) is 0 Å². The third kappa shape index (κ3) is 12.2. The van der Waals surface area contributed by atoms with Gasteiger partial charge in [0.05, 0.1) is 0 Å². The summed E-state index contributed by atoms with van der Waals surface area (Å²) < 4.78 is 0. The maximum absolute atomic E-state index is 4.39. The van der Waals surface area contributed by atoms with Crippen LogP contribution >= 0.6 is 24.0 Å². The molecular weight excluding hydrogens is 325 g/mol. The van der Waals surface area contributed by atoms with E-state index in [2.05, 4.69) is 43.3 Å². The Hall–Kier alpha value is 0. The minimum atomic E-state index is 0. The summed E-state index contributed by atoms with van der Waals surface area (Å²) in [5, 5.41) is 6.69. The van der Waals surface area contributed by atoms with E-state index in [1.165, 1.54) is 32.1 Å². The van der Waals surface area contributed by atoms with E-state index in [4.69, 9.17) is 0 Å². The van der Waals surface area contributed by atoms with Gasteiger partial charge < -0.3 is 10.6 Å². The van der Waals surface area contributed by atoms with Gasteiger partial charge in [0.25, 0.3) is 0 Å². The lowest BCUT2D eigenvalue weighted by molar-refractivity contribution is 0.537. The molecule has 4 heteroatoms. The first-order valence-electron chi connectivity index (χ1n) is 6.79. The summed E-state index contributed by atoms with van der Waals surface area (Å²) in [4.78, 5) is 4.39. The average Bonchev–Trinajstić information content (AvgIpc) is 2.25. The molecule has 0 aromatic heterocycles. The van der Waals surface area contributed by atoms with Crippen molar-refractivity contribution in [2.75, 3.05) is 13.1 Å². The SMILES string of the molecule is CCCCCCC(C)NC(=NCC)NCC.I. The van der Waals surface area contributed by atoms with Crippen molar-refractivity contribution < 1.29 is 0 Å². The number of nitrogens with zero attached hydrogens (tertiary/aromatic N) is 1. The van der Waals surface area contributed by atoms with Crippen LogP contribution in [0.5, 0.6) is 0 Å². The van der Waals surface area contributed by atoms with Crippen LogP contribution in [0.4, 0.5) is 0 Å². The molecule has 0 saturated heterocycles. The van der Waals surface area contributed by atoms with Gasteiger partial charge in [0, 0.05) is 19.1 Å². The van der Waals surface area contributed by atoms with Crippen LogP contribution in [0.15, 0.2) is 4.99 Å². The minimum absolute atomic E-state index is 0. The van der Waals surface area contributed by atoms with Crippen LogP contribution in [0.1, 0.15) is 59.8 Å². The maximum Gasteiger partial charge on any atom is 0.191 e. The molecule has 0 saturated carbocycles. The summed E-state index contributed by atoms with van der Waals surface area (Å²) in [7, 11) is 0. The number of guanidine groups is 1. The molecular formula is C13H30IN3. The van der Waals surface area contributed by atoms with Gasteiger partial charge in [0.2, 0.25) is 0 Å². The number of aliphatic imine (C=N–C) groups is 1. The molecule has 0 rings (SSSR count). The fraction of sp³-hybridized carbons (Fsp3) is 0.923. The highest BCUT2D eigenvalue weighted by Gasteiger charge is 2.03. The Bertz CT molecular complexity index is 184. The smallest absolute Gasteiger partial charge is 0.191 e. The van der Waals surface area contributed by atoms with Crippen LogP contribution in [0.25, 0.3) is 0 Å². The Morgan fingerprint density at radius 2 is 1.82 bits per heavy atom. The second kappa shape index (κ2) is 14.1. The molecule has 0 radical (unpaired) electrons. The van der Waals surface area contributed by atoms with Gasteiger partial charge in [0.1, 0.15) is 0 Å². The van der Waals surface area contributed by atoms with E-state index in [0.717, 1.165) is 19.0 Å². The zero-order chi connectivity index (χ0) is 12.2. The van der Waals surface area contributed by atoms with E-state index < -0.39 is 0 Å². The average molecular weight is 355 g/mol. The topological polar surface area (TPSA) is 36.4 Å². The van der Waals surface area contributed by atoms with E-state index in [1.54, 1.807) is 0 Å². The van der Waals surface area contributed by atoms with Crippen molar-refractivity contribution >= 4 is 29.9 Å². The highest BCUT2D eigenvalue weighted by molar-refractivity contribution is 14.0. The lowest BCUT2D eigenvalue weighted by atomic mass is 10.1. The van der Waals surface area contributed by atoms with Gasteiger partial charge in [-0.25, -0.2) is 0 Å². The summed E-state index contributed by atoms with van der Waals surface area (Å²) in [5.41, 5.74) is 0. The highest BCUT2D eigenvalue weighted by atomic mass is 127. The summed E-state index contributed by atoms with van der Waals surface area (Å²) in [6.45, 7) is 10.4. The molecule has 3 nitrogen and oxygen atoms in total. The standard InChI is InChI=1S/C13H29N3.HI/c1-5-8-9-10-11-12(4)16-13(14-6-2)15-7-3;/h12H,5-11H2,1-4H3,(H2,14,15,16);1H. The first-order chi connectivity index (χ1) is 7.74. The van der Waals surface area contributed by atoms with E-state index in [9.17, 15) is 0 Å². The van der Waals surface area contributed by atoms with Crippen molar-refractivity contribution in [1.82, 2.24) is 10.6 Å². The molecule has 17 heavy (non-hydrogen) atoms. The van der Waals surface area contributed by atoms with Crippen LogP contribution in [0.3, 0.4) is 0 Å². The molecule has 0 aliphatic carbocycles. The van der Waals surface area contributed by atoms with E-state index >= 15 is 0 Å². The quantitative estimate of drug-likeness (QED) is 0.302. The molecule has 104 valence electrons. The lowest BCUT2D eigenvalue weighted by Gasteiger charge is -2.17. The largest absolute Gasteiger partial charge is 0.357 e. The summed E-state index contributed by atoms with van der Waals surface area (Å²) in [6.07, 6.45) is 6.56. The number of unbranched alkanes of at least 4 members (excludes halogenated alkanes) is 3. The Kier molecular flexibility index (Phi) is 16.0. The molecule has 0 aromatic carbocycles. The normalized spacial score (nSPS) is 12.8. The van der Waals surface area contributed by atoms with Gasteiger partial charge in [-0.1, -0.05) is 32.6 Å². The third-order valence-corrected chi connectivity index (χ3v) is 2.53. The van der Waals surface area contributed by atoms with Crippen LogP contribution in [0, 0.1) is 0 Å². The number of halogens is 1. The van der Waals surface area contributed by atoms with E-state index in [0.29, 0.717) is 6.04 Å². The molecule has 1 unspecified atom stereocenters. The predicted octanol–water partition coefficient (Wildman–Crippen LogP) is 3.54. The fourth-order valence-corrected chi connectivity index (χ4v) is 1.66. The van der Waals surface area contributed by atoms with Crippen LogP contribution in [-0.2, 0) is 0 Å². The van der Waals surface area contributed by atoms with Gasteiger partial charge >= 0.3 is 0 Å². The van der Waals surface area contributed by atoms with Crippen LogP contribution in [-0.4, -0.2) is 25.1 Å². The second-order valence-corrected chi connectivity index (χ2v) is 4.25. The molecule has 0 fully saturated rings. The van der Waals surface area contributed by atoms with Gasteiger partial charge in [-0.15, -0.1) is 24.0 Å². The zero-order valence-electron chi connectivity index (χ0n) is 11.9. The maximum atomic E-state index is 4.39. The van der Waals surface area contributed by atoms with Crippen LogP contribution < -0.4 is 10.6 Å². The first kappa shape index (κ1) is 19.3. The summed E-state index contributed by atoms with van der Waals surface area (Å²) in [5.74, 6) is 0.952. The second-order valence-electron chi connectivity index (χ2n) is 4.25. The van der Waals surface area contributed by atoms with Gasteiger partial charge in [-0.3, -0.25) is 4.99 Å². The molecule has 0 aliphatic heterocycles. The zero-order valence-corrected chi connectivity index (χ0v) is 14.2. The summed E-state index contributed by atoms with van der Waals surface area (Å²) in [6, 6.07) is 0.515. The van der Waals surface area contributed by atoms with E-state index in [-0.39, 0.29) is 24.0 Å². The molecule has 2 N–H and O–H groups in total. The molecule has 1 atom stereocenters. The summed E-state index contributed by atoms with van der Waals surface area (Å²) >= 11 is 0. The molecule has 0 spiro atoms. The third-order valence-electron chi connectivity index (χ3n) is 2.53. The van der Waals surface area contributed by atoms with Crippen molar-refractivity contribution in [3.63, 3.8) is 0 Å². The Morgan fingerprint density at radius 1 is 1.12 bits per heavy atom. The Balaban J connectivity index is 0. The molecule has 0 aromatic rings. The fourth-order valence-electron chi connectivity index (χ4n) is 1.66. The van der Waals surface area contributed by atoms with Crippen molar-refractivity contribution in [3.8, 4) is 0 Å². The lowest BCUT2D eigenvalue weighted by Crippen LogP contribution is -2.42. The Labute approximate surface area is 124 Å². The minimum Gasteiger partial charge on any atom is -0.357 e. The van der Waals surface area contributed by atoms with Crippen molar-refractivity contribution in [1.29, 1.82) is 0 Å². The van der Waals surface area contributed by atoms with Crippen molar-refractivity contribution in [3.05, 3.63) is 0 Å². The van der Waals surface area contributed by atoms with E-state index in [1.807, 2.05) is 0 Å². The molecule has 0 bridgehead atoms. The van der Waals surface area contributed by atoms with Crippen molar-refractivity contribution in [2.45, 2.75) is 65.8 Å².